The standard InChI is InChI=1S/C16H26N2O/c1-13-7-9-18(12-16(13)19-2)10-8-14-5-3-4-6-15(14)11-17/h3-6,13,16H,7-12,17H2,1-2H3. The highest BCUT2D eigenvalue weighted by Crippen LogP contribution is 2.20. The van der Waals surface area contributed by atoms with Crippen molar-refractivity contribution in [3.8, 4) is 0 Å². The lowest BCUT2D eigenvalue weighted by molar-refractivity contribution is -0.00448. The first kappa shape index (κ1) is 14.5. The Balaban J connectivity index is 1.88. The van der Waals surface area contributed by atoms with Crippen LogP contribution in [0.3, 0.4) is 0 Å². The van der Waals surface area contributed by atoms with Crippen molar-refractivity contribution in [3.63, 3.8) is 0 Å². The Morgan fingerprint density at radius 2 is 2.05 bits per heavy atom. The van der Waals surface area contributed by atoms with Crippen LogP contribution in [0, 0.1) is 5.92 Å². The van der Waals surface area contributed by atoms with Crippen LogP contribution in [0.4, 0.5) is 0 Å². The summed E-state index contributed by atoms with van der Waals surface area (Å²) in [5, 5.41) is 0. The first-order valence-electron chi connectivity index (χ1n) is 7.26. The molecule has 106 valence electrons. The molecule has 0 saturated carbocycles. The van der Waals surface area contributed by atoms with Gasteiger partial charge in [-0.1, -0.05) is 31.2 Å². The number of benzene rings is 1. The van der Waals surface area contributed by atoms with Gasteiger partial charge in [0.2, 0.25) is 0 Å². The fourth-order valence-electron chi connectivity index (χ4n) is 2.89. The summed E-state index contributed by atoms with van der Waals surface area (Å²) in [5.41, 5.74) is 8.45. The van der Waals surface area contributed by atoms with Crippen LogP contribution in [-0.2, 0) is 17.7 Å². The van der Waals surface area contributed by atoms with Crippen molar-refractivity contribution in [1.82, 2.24) is 4.90 Å². The molecule has 2 rings (SSSR count). The predicted molar refractivity (Wildman–Crippen MR) is 79.1 cm³/mol. The zero-order valence-electron chi connectivity index (χ0n) is 12.1. The van der Waals surface area contributed by atoms with Gasteiger partial charge in [-0.05, 0) is 36.4 Å². The number of rotatable bonds is 5. The van der Waals surface area contributed by atoms with Gasteiger partial charge >= 0.3 is 0 Å². The summed E-state index contributed by atoms with van der Waals surface area (Å²) in [6.07, 6.45) is 2.70. The molecule has 0 aliphatic carbocycles. The van der Waals surface area contributed by atoms with Crippen molar-refractivity contribution in [2.75, 3.05) is 26.7 Å². The highest BCUT2D eigenvalue weighted by molar-refractivity contribution is 5.27. The second-order valence-electron chi connectivity index (χ2n) is 5.56. The van der Waals surface area contributed by atoms with Crippen molar-refractivity contribution in [2.45, 2.75) is 32.4 Å². The van der Waals surface area contributed by atoms with Crippen LogP contribution in [0.25, 0.3) is 0 Å². The Kier molecular flexibility index (Phi) is 5.37. The first-order chi connectivity index (χ1) is 9.24. The van der Waals surface area contributed by atoms with Gasteiger partial charge in [-0.15, -0.1) is 0 Å². The maximum absolute atomic E-state index is 5.79. The van der Waals surface area contributed by atoms with Gasteiger partial charge in [0.15, 0.2) is 0 Å². The summed E-state index contributed by atoms with van der Waals surface area (Å²) in [4.78, 5) is 2.52. The SMILES string of the molecule is COC1CN(CCc2ccccc2CN)CCC1C. The molecule has 2 unspecified atom stereocenters. The highest BCUT2D eigenvalue weighted by Gasteiger charge is 2.25. The maximum Gasteiger partial charge on any atom is 0.0724 e. The number of hydrogen-bond acceptors (Lipinski definition) is 3. The van der Waals surface area contributed by atoms with E-state index in [9.17, 15) is 0 Å². The molecule has 1 aromatic carbocycles. The smallest absolute Gasteiger partial charge is 0.0724 e. The van der Waals surface area contributed by atoms with Gasteiger partial charge in [0, 0.05) is 26.7 Å². The quantitative estimate of drug-likeness (QED) is 0.882. The summed E-state index contributed by atoms with van der Waals surface area (Å²) in [6, 6.07) is 8.49. The summed E-state index contributed by atoms with van der Waals surface area (Å²) in [7, 11) is 1.83. The minimum absolute atomic E-state index is 0.388. The van der Waals surface area contributed by atoms with Gasteiger partial charge in [-0.25, -0.2) is 0 Å². The number of methoxy groups -OCH3 is 1. The number of ether oxygens (including phenoxy) is 1. The molecule has 0 radical (unpaired) electrons. The zero-order chi connectivity index (χ0) is 13.7. The molecule has 0 amide bonds. The van der Waals surface area contributed by atoms with Crippen LogP contribution in [-0.4, -0.2) is 37.7 Å². The third-order valence-corrected chi connectivity index (χ3v) is 4.31. The molecular weight excluding hydrogens is 236 g/mol. The zero-order valence-corrected chi connectivity index (χ0v) is 12.1. The fraction of sp³-hybridized carbons (Fsp3) is 0.625. The molecule has 0 bridgehead atoms. The number of piperidine rings is 1. The van der Waals surface area contributed by atoms with Crippen LogP contribution >= 0.6 is 0 Å². The molecule has 0 spiro atoms. The summed E-state index contributed by atoms with van der Waals surface area (Å²) in [5.74, 6) is 0.678. The third-order valence-electron chi connectivity index (χ3n) is 4.31. The average Bonchev–Trinajstić information content (AvgIpc) is 2.46. The van der Waals surface area contributed by atoms with E-state index in [1.807, 2.05) is 7.11 Å². The van der Waals surface area contributed by atoms with Gasteiger partial charge in [-0.3, -0.25) is 0 Å². The molecule has 2 N–H and O–H groups in total. The topological polar surface area (TPSA) is 38.5 Å². The van der Waals surface area contributed by atoms with Gasteiger partial charge < -0.3 is 15.4 Å². The Morgan fingerprint density at radius 3 is 2.74 bits per heavy atom. The third kappa shape index (κ3) is 3.78. The molecule has 1 fully saturated rings. The van der Waals surface area contributed by atoms with E-state index >= 15 is 0 Å². The van der Waals surface area contributed by atoms with E-state index < -0.39 is 0 Å². The van der Waals surface area contributed by atoms with Gasteiger partial charge in [-0.2, -0.15) is 0 Å². The lowest BCUT2D eigenvalue weighted by atomic mass is 9.95. The molecular formula is C16H26N2O. The summed E-state index contributed by atoms with van der Waals surface area (Å²) < 4.78 is 5.57. The minimum atomic E-state index is 0.388. The average molecular weight is 262 g/mol. The molecule has 1 aliphatic rings. The molecule has 1 aliphatic heterocycles. The summed E-state index contributed by atoms with van der Waals surface area (Å²) >= 11 is 0. The Bertz CT molecular complexity index is 394. The maximum atomic E-state index is 5.79. The lowest BCUT2D eigenvalue weighted by Gasteiger charge is -2.36. The Labute approximate surface area is 116 Å². The van der Waals surface area contributed by atoms with Crippen LogP contribution in [0.1, 0.15) is 24.5 Å². The van der Waals surface area contributed by atoms with Gasteiger partial charge in [0.05, 0.1) is 6.10 Å². The lowest BCUT2D eigenvalue weighted by Crippen LogP contribution is -2.44. The van der Waals surface area contributed by atoms with Crippen molar-refractivity contribution >= 4 is 0 Å². The largest absolute Gasteiger partial charge is 0.380 e. The van der Waals surface area contributed by atoms with Crippen LogP contribution in [0.5, 0.6) is 0 Å². The van der Waals surface area contributed by atoms with E-state index in [1.165, 1.54) is 24.1 Å². The van der Waals surface area contributed by atoms with E-state index in [2.05, 4.69) is 36.1 Å². The molecule has 3 heteroatoms. The first-order valence-corrected chi connectivity index (χ1v) is 7.26. The summed E-state index contributed by atoms with van der Waals surface area (Å²) in [6.45, 7) is 6.26. The normalized spacial score (nSPS) is 24.6. The van der Waals surface area contributed by atoms with E-state index in [4.69, 9.17) is 10.5 Å². The second-order valence-corrected chi connectivity index (χ2v) is 5.56. The molecule has 1 saturated heterocycles. The van der Waals surface area contributed by atoms with Gasteiger partial charge in [0.1, 0.15) is 0 Å². The molecule has 2 atom stereocenters. The van der Waals surface area contributed by atoms with Crippen LogP contribution in [0.15, 0.2) is 24.3 Å². The fourth-order valence-corrected chi connectivity index (χ4v) is 2.89. The molecule has 19 heavy (non-hydrogen) atoms. The van der Waals surface area contributed by atoms with Gasteiger partial charge in [0.25, 0.3) is 0 Å². The number of likely N-dealkylation sites (tertiary alicyclic amines) is 1. The monoisotopic (exact) mass is 262 g/mol. The number of hydrogen-bond donors (Lipinski definition) is 1. The predicted octanol–water partition coefficient (Wildman–Crippen LogP) is 2.04. The number of nitrogens with zero attached hydrogens (tertiary/aromatic N) is 1. The van der Waals surface area contributed by atoms with Crippen LogP contribution < -0.4 is 5.73 Å². The molecule has 1 aromatic rings. The minimum Gasteiger partial charge on any atom is -0.380 e. The van der Waals surface area contributed by atoms with Crippen LogP contribution in [0.2, 0.25) is 0 Å². The Morgan fingerprint density at radius 1 is 1.32 bits per heavy atom. The van der Waals surface area contributed by atoms with Crippen molar-refractivity contribution < 1.29 is 4.74 Å². The van der Waals surface area contributed by atoms with E-state index in [0.29, 0.717) is 18.6 Å². The Hall–Kier alpha value is -0.900. The second kappa shape index (κ2) is 7.04. The molecule has 3 nitrogen and oxygen atoms in total. The van der Waals surface area contributed by atoms with Crippen molar-refractivity contribution in [2.24, 2.45) is 11.7 Å². The molecule has 0 aromatic heterocycles. The van der Waals surface area contributed by atoms with Crippen molar-refractivity contribution in [1.29, 1.82) is 0 Å². The van der Waals surface area contributed by atoms with Crippen molar-refractivity contribution in [3.05, 3.63) is 35.4 Å². The van der Waals surface area contributed by atoms with E-state index in [0.717, 1.165) is 19.5 Å². The number of nitrogens with two attached hydrogens (primary N) is 1. The van der Waals surface area contributed by atoms with E-state index in [-0.39, 0.29) is 0 Å². The highest BCUT2D eigenvalue weighted by atomic mass is 16.5. The van der Waals surface area contributed by atoms with E-state index in [1.54, 1.807) is 0 Å². The molecule has 1 heterocycles.